The predicted molar refractivity (Wildman–Crippen MR) is 118 cm³/mol. The third kappa shape index (κ3) is 4.85. The van der Waals surface area contributed by atoms with Crippen LogP contribution in [0.5, 0.6) is 0 Å². The van der Waals surface area contributed by atoms with Gasteiger partial charge < -0.3 is 9.30 Å². The molecule has 0 radical (unpaired) electrons. The van der Waals surface area contributed by atoms with Crippen LogP contribution in [0.4, 0.5) is 0 Å². The second-order valence-electron chi connectivity index (χ2n) is 6.59. The van der Waals surface area contributed by atoms with E-state index in [4.69, 9.17) is 4.74 Å². The van der Waals surface area contributed by atoms with Crippen molar-refractivity contribution in [3.8, 4) is 0 Å². The zero-order valence-corrected chi connectivity index (χ0v) is 19.7. The maximum atomic E-state index is 12.4. The van der Waals surface area contributed by atoms with Crippen LogP contribution in [0.3, 0.4) is 0 Å². The van der Waals surface area contributed by atoms with E-state index in [1.165, 1.54) is 41.5 Å². The molecule has 2 heterocycles. The second-order valence-corrected chi connectivity index (χ2v) is 10.8. The summed E-state index contributed by atoms with van der Waals surface area (Å²) in [5.41, 5.74) is 2.24. The van der Waals surface area contributed by atoms with E-state index in [1.807, 2.05) is 12.3 Å². The van der Waals surface area contributed by atoms with E-state index in [0.717, 1.165) is 22.2 Å². The van der Waals surface area contributed by atoms with Crippen molar-refractivity contribution in [3.05, 3.63) is 35.1 Å². The first-order chi connectivity index (χ1) is 14.3. The zero-order valence-electron chi connectivity index (χ0n) is 17.3. The molecular weight excluding hydrogens is 444 g/mol. The van der Waals surface area contributed by atoms with Gasteiger partial charge in [-0.1, -0.05) is 11.8 Å². The molecule has 0 saturated heterocycles. The van der Waals surface area contributed by atoms with Crippen LogP contribution < -0.4 is 0 Å². The maximum Gasteiger partial charge on any atom is 0.311 e. The van der Waals surface area contributed by atoms with E-state index in [1.54, 1.807) is 25.1 Å². The first-order valence-corrected chi connectivity index (χ1v) is 12.7. The number of thiazole rings is 1. The fourth-order valence-corrected chi connectivity index (χ4v) is 5.63. The molecule has 0 fully saturated rings. The number of hydrogen-bond acceptors (Lipinski definition) is 8. The molecule has 0 aliphatic carbocycles. The number of rotatable bonds is 9. The third-order valence-corrected chi connectivity index (χ3v) is 8.26. The predicted octanol–water partition coefficient (Wildman–Crippen LogP) is 3.16. The van der Waals surface area contributed by atoms with Gasteiger partial charge in [0, 0.05) is 26.0 Å². The van der Waals surface area contributed by atoms with Gasteiger partial charge in [-0.05, 0) is 32.0 Å². The number of nitrogens with zero attached hydrogens (tertiary/aromatic N) is 4. The number of thioether (sulfide) groups is 1. The summed E-state index contributed by atoms with van der Waals surface area (Å²) in [6, 6.07) is 5.04. The largest absolute Gasteiger partial charge is 0.466 e. The summed E-state index contributed by atoms with van der Waals surface area (Å²) < 4.78 is 33.9. The zero-order chi connectivity index (χ0) is 21.9. The van der Waals surface area contributed by atoms with Crippen molar-refractivity contribution < 1.29 is 17.9 Å². The summed E-state index contributed by atoms with van der Waals surface area (Å²) in [7, 11) is -0.492. The Labute approximate surface area is 184 Å². The number of fused-ring (bicyclic) bond motifs is 1. The van der Waals surface area contributed by atoms with Gasteiger partial charge in [0.1, 0.15) is 5.82 Å². The molecule has 0 aliphatic rings. The molecule has 11 heteroatoms. The standard InChI is InChI=1S/C19H24N4O4S3/c1-5-23-16-8-7-14(30(25,26)22(3)4)10-15(16)21-17(23)12-29-19-20-13(11-28-19)9-18(24)27-6-2/h7-8,10-11H,5-6,9,12H2,1-4H3. The highest BCUT2D eigenvalue weighted by atomic mass is 32.2. The molecule has 8 nitrogen and oxygen atoms in total. The van der Waals surface area contributed by atoms with Gasteiger partial charge in [0.15, 0.2) is 4.34 Å². The number of aryl methyl sites for hydroxylation is 1. The molecule has 3 aromatic rings. The minimum atomic E-state index is -3.51. The summed E-state index contributed by atoms with van der Waals surface area (Å²) in [5, 5.41) is 1.86. The van der Waals surface area contributed by atoms with Gasteiger partial charge in [0.2, 0.25) is 10.0 Å². The molecule has 0 bridgehead atoms. The first kappa shape index (κ1) is 22.7. The van der Waals surface area contributed by atoms with Gasteiger partial charge >= 0.3 is 5.97 Å². The summed E-state index contributed by atoms with van der Waals surface area (Å²) in [6.45, 7) is 4.88. The molecule has 3 rings (SSSR count). The van der Waals surface area contributed by atoms with Gasteiger partial charge in [-0.3, -0.25) is 4.79 Å². The highest BCUT2D eigenvalue weighted by Gasteiger charge is 2.20. The van der Waals surface area contributed by atoms with Crippen LogP contribution in [0.1, 0.15) is 25.4 Å². The third-order valence-electron chi connectivity index (χ3n) is 4.38. The average Bonchev–Trinajstić information content (AvgIpc) is 3.29. The van der Waals surface area contributed by atoms with Crippen LogP contribution in [0.2, 0.25) is 0 Å². The molecule has 0 N–H and O–H groups in total. The topological polar surface area (TPSA) is 94.4 Å². The Morgan fingerprint density at radius 3 is 2.70 bits per heavy atom. The van der Waals surface area contributed by atoms with Crippen molar-refractivity contribution in [2.45, 2.75) is 41.8 Å². The lowest BCUT2D eigenvalue weighted by molar-refractivity contribution is -0.142. The van der Waals surface area contributed by atoms with E-state index in [-0.39, 0.29) is 17.3 Å². The highest BCUT2D eigenvalue weighted by molar-refractivity contribution is 8.00. The van der Waals surface area contributed by atoms with E-state index in [2.05, 4.69) is 14.5 Å². The molecule has 0 aliphatic heterocycles. The van der Waals surface area contributed by atoms with Gasteiger partial charge in [-0.2, -0.15) is 0 Å². The number of imidazole rings is 1. The van der Waals surface area contributed by atoms with Crippen LogP contribution in [-0.4, -0.2) is 53.9 Å². The number of aromatic nitrogens is 3. The molecule has 2 aromatic heterocycles. The normalized spacial score (nSPS) is 12.0. The Hall–Kier alpha value is -1.95. The lowest BCUT2D eigenvalue weighted by Crippen LogP contribution is -2.22. The van der Waals surface area contributed by atoms with E-state index in [9.17, 15) is 13.2 Å². The van der Waals surface area contributed by atoms with Crippen LogP contribution in [0.15, 0.2) is 32.8 Å². The lowest BCUT2D eigenvalue weighted by atomic mass is 10.3. The minimum Gasteiger partial charge on any atom is -0.466 e. The first-order valence-electron chi connectivity index (χ1n) is 9.40. The van der Waals surface area contributed by atoms with Crippen molar-refractivity contribution in [3.63, 3.8) is 0 Å². The molecular formula is C19H24N4O4S3. The number of carbonyl (C=O) groups is 1. The molecule has 0 unspecified atom stereocenters. The minimum absolute atomic E-state index is 0.168. The van der Waals surface area contributed by atoms with E-state index < -0.39 is 10.0 Å². The van der Waals surface area contributed by atoms with Crippen molar-refractivity contribution in [1.82, 2.24) is 18.8 Å². The fraction of sp³-hybridized carbons (Fsp3) is 0.421. The summed E-state index contributed by atoms with van der Waals surface area (Å²) >= 11 is 3.02. The van der Waals surface area contributed by atoms with E-state index >= 15 is 0 Å². The Kier molecular flexibility index (Phi) is 7.17. The van der Waals surface area contributed by atoms with Crippen LogP contribution in [0.25, 0.3) is 11.0 Å². The molecule has 1 aromatic carbocycles. The molecule has 162 valence electrons. The lowest BCUT2D eigenvalue weighted by Gasteiger charge is -2.11. The van der Waals surface area contributed by atoms with Gasteiger partial charge in [0.05, 0.1) is 40.4 Å². The van der Waals surface area contributed by atoms with E-state index in [0.29, 0.717) is 23.6 Å². The van der Waals surface area contributed by atoms with Crippen molar-refractivity contribution in [2.24, 2.45) is 0 Å². The van der Waals surface area contributed by atoms with Crippen LogP contribution in [-0.2, 0) is 38.3 Å². The van der Waals surface area contributed by atoms with Gasteiger partial charge in [-0.15, -0.1) is 11.3 Å². The van der Waals surface area contributed by atoms with Crippen molar-refractivity contribution in [2.75, 3.05) is 20.7 Å². The van der Waals surface area contributed by atoms with Crippen molar-refractivity contribution >= 4 is 50.1 Å². The fourth-order valence-electron chi connectivity index (χ4n) is 2.92. The number of esters is 1. The average molecular weight is 469 g/mol. The van der Waals surface area contributed by atoms with Gasteiger partial charge in [0.25, 0.3) is 0 Å². The SMILES string of the molecule is CCOC(=O)Cc1csc(SCc2nc3cc(S(=O)(=O)N(C)C)ccc3n2CC)n1. The number of carbonyl (C=O) groups excluding carboxylic acids is 1. The summed E-state index contributed by atoms with van der Waals surface area (Å²) in [6.07, 6.45) is 0.168. The number of hydrogen-bond donors (Lipinski definition) is 0. The smallest absolute Gasteiger partial charge is 0.311 e. The second kappa shape index (κ2) is 9.46. The molecule has 0 saturated carbocycles. The van der Waals surface area contributed by atoms with Gasteiger partial charge in [-0.25, -0.2) is 22.7 Å². The van der Waals surface area contributed by atoms with Crippen LogP contribution in [0, 0.1) is 0 Å². The maximum absolute atomic E-state index is 12.4. The Balaban J connectivity index is 1.79. The summed E-state index contributed by atoms with van der Waals surface area (Å²) in [5.74, 6) is 1.15. The number of sulfonamides is 1. The van der Waals surface area contributed by atoms with Crippen molar-refractivity contribution in [1.29, 1.82) is 0 Å². The molecule has 0 spiro atoms. The number of ether oxygens (including phenoxy) is 1. The molecule has 0 amide bonds. The highest BCUT2D eigenvalue weighted by Crippen LogP contribution is 2.29. The Morgan fingerprint density at radius 1 is 1.27 bits per heavy atom. The van der Waals surface area contributed by atoms with Crippen LogP contribution >= 0.6 is 23.1 Å². The Bertz CT molecular complexity index is 1150. The Morgan fingerprint density at radius 2 is 2.03 bits per heavy atom. The molecule has 30 heavy (non-hydrogen) atoms. The quantitative estimate of drug-likeness (QED) is 0.352. The monoisotopic (exact) mass is 468 g/mol. The molecule has 0 atom stereocenters. The summed E-state index contributed by atoms with van der Waals surface area (Å²) in [4.78, 5) is 21.0. The number of benzene rings is 1.